The van der Waals surface area contributed by atoms with Crippen LogP contribution in [-0.4, -0.2) is 29.5 Å². The third kappa shape index (κ3) is 5.38. The molecular weight excluding hydrogens is 450 g/mol. The van der Waals surface area contributed by atoms with Crippen molar-refractivity contribution in [1.82, 2.24) is 19.9 Å². The number of nitrogens with zero attached hydrogens (tertiary/aromatic N) is 2. The average molecular weight is 476 g/mol. The summed E-state index contributed by atoms with van der Waals surface area (Å²) in [6, 6.07) is 22.3. The molecule has 0 bridgehead atoms. The van der Waals surface area contributed by atoms with Crippen LogP contribution in [0, 0.1) is 0 Å². The predicted octanol–water partition coefficient (Wildman–Crippen LogP) is 4.33. The molecule has 0 aliphatic carbocycles. The first-order valence-electron chi connectivity index (χ1n) is 10.8. The number of aromatic amines is 1. The van der Waals surface area contributed by atoms with E-state index in [4.69, 9.17) is 0 Å². The van der Waals surface area contributed by atoms with E-state index in [1.54, 1.807) is 24.3 Å². The third-order valence-corrected chi connectivity index (χ3v) is 6.58. The number of H-pyrrole nitrogens is 1. The first-order chi connectivity index (χ1) is 16.3. The highest BCUT2D eigenvalue weighted by Gasteiger charge is 2.18. The summed E-state index contributed by atoms with van der Waals surface area (Å²) in [4.78, 5) is 17.5. The smallest absolute Gasteiger partial charge is 0.255 e. The molecule has 0 radical (unpaired) electrons. The van der Waals surface area contributed by atoms with Crippen LogP contribution in [0.1, 0.15) is 41.5 Å². The standard InChI is InChI=1S/C25H25N5O3S/c1-17(2)23-28-24(30-29-23)21-13-6-7-14-22(21)27-25(31)19-11-8-12-20(15-19)34(32,33)26-16-18-9-4-3-5-10-18/h3-15,17,26H,16H2,1-2H3,(H,27,31)(H,28,29,30). The van der Waals surface area contributed by atoms with Gasteiger partial charge in [0.15, 0.2) is 5.82 Å². The Morgan fingerprint density at radius 1 is 0.971 bits per heavy atom. The third-order valence-electron chi connectivity index (χ3n) is 5.18. The Morgan fingerprint density at radius 3 is 2.44 bits per heavy atom. The number of carbonyl (C=O) groups excluding carboxylic acids is 1. The van der Waals surface area contributed by atoms with Crippen molar-refractivity contribution in [3.63, 3.8) is 0 Å². The van der Waals surface area contributed by atoms with E-state index in [1.807, 2.05) is 56.3 Å². The highest BCUT2D eigenvalue weighted by molar-refractivity contribution is 7.89. The van der Waals surface area contributed by atoms with E-state index in [2.05, 4.69) is 25.2 Å². The van der Waals surface area contributed by atoms with E-state index >= 15 is 0 Å². The maximum Gasteiger partial charge on any atom is 0.255 e. The second-order valence-corrected chi connectivity index (χ2v) is 9.80. The normalized spacial score (nSPS) is 11.5. The van der Waals surface area contributed by atoms with E-state index in [0.717, 1.165) is 11.4 Å². The molecule has 1 heterocycles. The van der Waals surface area contributed by atoms with E-state index < -0.39 is 15.9 Å². The molecule has 0 aliphatic rings. The van der Waals surface area contributed by atoms with Gasteiger partial charge in [0.05, 0.1) is 10.6 Å². The fraction of sp³-hybridized carbons (Fsp3) is 0.160. The Bertz CT molecular complexity index is 1400. The van der Waals surface area contributed by atoms with Crippen LogP contribution in [0.3, 0.4) is 0 Å². The predicted molar refractivity (Wildman–Crippen MR) is 131 cm³/mol. The highest BCUT2D eigenvalue weighted by Crippen LogP contribution is 2.26. The number of anilines is 1. The molecule has 8 nitrogen and oxygen atoms in total. The molecule has 0 spiro atoms. The summed E-state index contributed by atoms with van der Waals surface area (Å²) in [5, 5.41) is 10.0. The van der Waals surface area contributed by atoms with Crippen LogP contribution >= 0.6 is 0 Å². The number of hydrogen-bond acceptors (Lipinski definition) is 5. The van der Waals surface area contributed by atoms with Gasteiger partial charge in [-0.25, -0.2) is 18.1 Å². The number of sulfonamides is 1. The fourth-order valence-corrected chi connectivity index (χ4v) is 4.36. The van der Waals surface area contributed by atoms with Gasteiger partial charge in [0.1, 0.15) is 5.82 Å². The summed E-state index contributed by atoms with van der Waals surface area (Å²) in [6.07, 6.45) is 0. The van der Waals surface area contributed by atoms with Crippen molar-refractivity contribution >= 4 is 21.6 Å². The fourth-order valence-electron chi connectivity index (χ4n) is 3.30. The van der Waals surface area contributed by atoms with Crippen LogP contribution in [0.4, 0.5) is 5.69 Å². The molecule has 0 atom stereocenters. The van der Waals surface area contributed by atoms with Crippen molar-refractivity contribution in [2.75, 3.05) is 5.32 Å². The number of hydrogen-bond donors (Lipinski definition) is 3. The number of amides is 1. The maximum atomic E-state index is 13.0. The van der Waals surface area contributed by atoms with Gasteiger partial charge >= 0.3 is 0 Å². The SMILES string of the molecule is CC(C)c1nc(-c2ccccc2NC(=O)c2cccc(S(=O)(=O)NCc3ccccc3)c2)n[nH]1. The molecule has 1 aromatic heterocycles. The number of carbonyl (C=O) groups is 1. The second kappa shape index (κ2) is 9.98. The zero-order valence-corrected chi connectivity index (χ0v) is 19.6. The molecule has 1 amide bonds. The molecule has 4 rings (SSSR count). The van der Waals surface area contributed by atoms with Crippen LogP contribution < -0.4 is 10.0 Å². The van der Waals surface area contributed by atoms with Gasteiger partial charge in [0.2, 0.25) is 10.0 Å². The number of rotatable bonds is 8. The number of nitrogens with one attached hydrogen (secondary N) is 3. The lowest BCUT2D eigenvalue weighted by Crippen LogP contribution is -2.23. The molecule has 174 valence electrons. The van der Waals surface area contributed by atoms with Crippen molar-refractivity contribution in [2.45, 2.75) is 31.2 Å². The Balaban J connectivity index is 1.53. The number of para-hydroxylation sites is 1. The van der Waals surface area contributed by atoms with Gasteiger partial charge in [-0.05, 0) is 35.9 Å². The van der Waals surface area contributed by atoms with E-state index in [1.165, 1.54) is 12.1 Å². The Kier molecular flexibility index (Phi) is 6.85. The van der Waals surface area contributed by atoms with Crippen LogP contribution in [0.2, 0.25) is 0 Å². The molecule has 0 aliphatic heterocycles. The molecule has 34 heavy (non-hydrogen) atoms. The Hall–Kier alpha value is -3.82. The van der Waals surface area contributed by atoms with E-state index in [0.29, 0.717) is 17.1 Å². The van der Waals surface area contributed by atoms with Gasteiger partial charge < -0.3 is 5.32 Å². The largest absolute Gasteiger partial charge is 0.321 e. The van der Waals surface area contributed by atoms with E-state index in [-0.39, 0.29) is 22.9 Å². The zero-order chi connectivity index (χ0) is 24.1. The van der Waals surface area contributed by atoms with Crippen molar-refractivity contribution in [1.29, 1.82) is 0 Å². The first kappa shape index (κ1) is 23.3. The highest BCUT2D eigenvalue weighted by atomic mass is 32.2. The molecule has 0 fully saturated rings. The van der Waals surface area contributed by atoms with Crippen LogP contribution in [0.15, 0.2) is 83.8 Å². The second-order valence-electron chi connectivity index (χ2n) is 8.04. The topological polar surface area (TPSA) is 117 Å². The van der Waals surface area contributed by atoms with Crippen LogP contribution in [0.5, 0.6) is 0 Å². The first-order valence-corrected chi connectivity index (χ1v) is 12.3. The molecule has 0 saturated carbocycles. The minimum atomic E-state index is -3.80. The Labute approximate surface area is 198 Å². The lowest BCUT2D eigenvalue weighted by Gasteiger charge is -2.11. The summed E-state index contributed by atoms with van der Waals surface area (Å²) in [6.45, 7) is 4.17. The van der Waals surface area contributed by atoms with Crippen LogP contribution in [0.25, 0.3) is 11.4 Å². The maximum absolute atomic E-state index is 13.0. The zero-order valence-electron chi connectivity index (χ0n) is 18.8. The van der Waals surface area contributed by atoms with E-state index in [9.17, 15) is 13.2 Å². The Morgan fingerprint density at radius 2 is 1.71 bits per heavy atom. The molecule has 0 unspecified atom stereocenters. The van der Waals surface area contributed by atoms with Crippen molar-refractivity contribution in [2.24, 2.45) is 0 Å². The average Bonchev–Trinajstić information content (AvgIpc) is 3.34. The van der Waals surface area contributed by atoms with Gasteiger partial charge in [-0.2, -0.15) is 5.10 Å². The lowest BCUT2D eigenvalue weighted by atomic mass is 10.1. The summed E-state index contributed by atoms with van der Waals surface area (Å²) >= 11 is 0. The molecule has 4 aromatic rings. The quantitative estimate of drug-likeness (QED) is 0.351. The summed E-state index contributed by atoms with van der Waals surface area (Å²) in [5.74, 6) is 0.966. The molecule has 0 saturated heterocycles. The van der Waals surface area contributed by atoms with Gasteiger partial charge in [-0.3, -0.25) is 9.89 Å². The number of benzene rings is 3. The molecule has 3 N–H and O–H groups in total. The minimum absolute atomic E-state index is 0.0138. The van der Waals surface area contributed by atoms with Crippen molar-refractivity contribution in [3.8, 4) is 11.4 Å². The summed E-state index contributed by atoms with van der Waals surface area (Å²) in [5.41, 5.74) is 2.24. The van der Waals surface area contributed by atoms with Crippen molar-refractivity contribution in [3.05, 3.63) is 95.8 Å². The van der Waals surface area contributed by atoms with Crippen LogP contribution in [-0.2, 0) is 16.6 Å². The summed E-state index contributed by atoms with van der Waals surface area (Å²) < 4.78 is 28.1. The summed E-state index contributed by atoms with van der Waals surface area (Å²) in [7, 11) is -3.80. The van der Waals surface area contributed by atoms with Gasteiger partial charge in [-0.15, -0.1) is 0 Å². The lowest BCUT2D eigenvalue weighted by molar-refractivity contribution is 0.102. The van der Waals surface area contributed by atoms with Gasteiger partial charge in [-0.1, -0.05) is 62.4 Å². The van der Waals surface area contributed by atoms with Gasteiger partial charge in [0.25, 0.3) is 5.91 Å². The monoisotopic (exact) mass is 475 g/mol. The molecule has 3 aromatic carbocycles. The minimum Gasteiger partial charge on any atom is -0.321 e. The van der Waals surface area contributed by atoms with Crippen molar-refractivity contribution < 1.29 is 13.2 Å². The number of aromatic nitrogens is 3. The molecular formula is C25H25N5O3S. The van der Waals surface area contributed by atoms with Gasteiger partial charge in [0, 0.05) is 23.6 Å². The molecule has 9 heteroatoms.